The molecule has 0 fully saturated rings. The number of rotatable bonds is 3. The number of carbonyl (C=O) groups is 1. The van der Waals surface area contributed by atoms with E-state index in [1.54, 1.807) is 30.6 Å². The second-order valence-corrected chi connectivity index (χ2v) is 3.26. The number of hydrogen-bond acceptors (Lipinski definition) is 5. The van der Waals surface area contributed by atoms with Crippen molar-refractivity contribution in [2.24, 2.45) is 5.84 Å². The molecule has 0 saturated carbocycles. The molecule has 0 spiro atoms. The van der Waals surface area contributed by atoms with E-state index in [0.717, 1.165) is 0 Å². The van der Waals surface area contributed by atoms with Crippen LogP contribution in [0, 0.1) is 0 Å². The Balaban J connectivity index is 2.20. The highest BCUT2D eigenvalue weighted by atomic mass is 16.1. The Kier molecular flexibility index (Phi) is 3.27. The van der Waals surface area contributed by atoms with Gasteiger partial charge in [0.25, 0.3) is 5.91 Å². The second kappa shape index (κ2) is 5.04. The number of nitrogens with zero attached hydrogens (tertiary/aromatic N) is 2. The average Bonchev–Trinajstić information content (AvgIpc) is 2.40. The molecular formula is C11H11N5O. The van der Waals surface area contributed by atoms with Gasteiger partial charge >= 0.3 is 0 Å². The standard InChI is InChI=1S/C11H11N5O/c12-16-10-7-14-6-3-9(10)11(17)15-8-1-4-13-5-2-8/h1-7,16H,12H2,(H,13,15,17). The molecule has 0 aliphatic heterocycles. The van der Waals surface area contributed by atoms with E-state index in [1.807, 2.05) is 0 Å². The molecule has 0 radical (unpaired) electrons. The van der Waals surface area contributed by atoms with Crippen LogP contribution in [0.25, 0.3) is 0 Å². The molecule has 86 valence electrons. The molecule has 2 aromatic rings. The molecule has 17 heavy (non-hydrogen) atoms. The van der Waals surface area contributed by atoms with Crippen LogP contribution in [0.1, 0.15) is 10.4 Å². The maximum atomic E-state index is 11.9. The number of aromatic nitrogens is 2. The number of anilines is 2. The molecule has 1 amide bonds. The number of pyridine rings is 2. The largest absolute Gasteiger partial charge is 0.322 e. The van der Waals surface area contributed by atoms with E-state index >= 15 is 0 Å². The Morgan fingerprint density at radius 1 is 1.12 bits per heavy atom. The summed E-state index contributed by atoms with van der Waals surface area (Å²) in [5.74, 6) is 5.04. The van der Waals surface area contributed by atoms with Gasteiger partial charge < -0.3 is 10.7 Å². The van der Waals surface area contributed by atoms with E-state index in [-0.39, 0.29) is 5.91 Å². The summed E-state index contributed by atoms with van der Waals surface area (Å²) in [5, 5.41) is 2.73. The summed E-state index contributed by atoms with van der Waals surface area (Å²) in [6.07, 6.45) is 6.22. The first-order valence-electron chi connectivity index (χ1n) is 4.93. The van der Waals surface area contributed by atoms with Crippen LogP contribution in [0.3, 0.4) is 0 Å². The van der Waals surface area contributed by atoms with E-state index in [1.165, 1.54) is 12.4 Å². The number of nitrogen functional groups attached to an aromatic ring is 1. The summed E-state index contributed by atoms with van der Waals surface area (Å²) in [5.41, 5.74) is 4.00. The highest BCUT2D eigenvalue weighted by Crippen LogP contribution is 2.14. The molecule has 2 rings (SSSR count). The minimum Gasteiger partial charge on any atom is -0.322 e. The maximum absolute atomic E-state index is 11.9. The molecule has 2 aromatic heterocycles. The maximum Gasteiger partial charge on any atom is 0.257 e. The topological polar surface area (TPSA) is 92.9 Å². The Bertz CT molecular complexity index is 514. The number of carbonyl (C=O) groups excluding carboxylic acids is 1. The molecule has 0 unspecified atom stereocenters. The molecule has 0 aliphatic rings. The van der Waals surface area contributed by atoms with Crippen molar-refractivity contribution in [2.45, 2.75) is 0 Å². The summed E-state index contributed by atoms with van der Waals surface area (Å²) >= 11 is 0. The number of amides is 1. The predicted octanol–water partition coefficient (Wildman–Crippen LogP) is 1.01. The van der Waals surface area contributed by atoms with Gasteiger partial charge in [-0.3, -0.25) is 20.6 Å². The van der Waals surface area contributed by atoms with Crippen LogP contribution in [-0.4, -0.2) is 15.9 Å². The monoisotopic (exact) mass is 229 g/mol. The average molecular weight is 229 g/mol. The number of nitrogens with one attached hydrogen (secondary N) is 2. The van der Waals surface area contributed by atoms with Crippen LogP contribution in [-0.2, 0) is 0 Å². The van der Waals surface area contributed by atoms with Gasteiger partial charge in [-0.1, -0.05) is 0 Å². The fraction of sp³-hybridized carbons (Fsp3) is 0. The quantitative estimate of drug-likeness (QED) is 0.539. The van der Waals surface area contributed by atoms with Crippen molar-refractivity contribution in [1.29, 1.82) is 0 Å². The van der Waals surface area contributed by atoms with Gasteiger partial charge in [0.2, 0.25) is 0 Å². The van der Waals surface area contributed by atoms with E-state index in [9.17, 15) is 4.79 Å². The lowest BCUT2D eigenvalue weighted by atomic mass is 10.2. The Morgan fingerprint density at radius 3 is 2.53 bits per heavy atom. The summed E-state index contributed by atoms with van der Waals surface area (Å²) in [7, 11) is 0. The first-order valence-corrected chi connectivity index (χ1v) is 4.93. The number of hydrazine groups is 1. The first kappa shape index (κ1) is 11.0. The van der Waals surface area contributed by atoms with E-state index in [0.29, 0.717) is 16.9 Å². The van der Waals surface area contributed by atoms with Gasteiger partial charge in [-0.2, -0.15) is 0 Å². The van der Waals surface area contributed by atoms with Crippen molar-refractivity contribution in [1.82, 2.24) is 9.97 Å². The minimum atomic E-state index is -0.258. The summed E-state index contributed by atoms with van der Waals surface area (Å²) < 4.78 is 0. The van der Waals surface area contributed by atoms with Gasteiger partial charge in [-0.25, -0.2) is 0 Å². The van der Waals surface area contributed by atoms with E-state index in [4.69, 9.17) is 5.84 Å². The van der Waals surface area contributed by atoms with E-state index in [2.05, 4.69) is 20.7 Å². The highest BCUT2D eigenvalue weighted by molar-refractivity contribution is 6.07. The highest BCUT2D eigenvalue weighted by Gasteiger charge is 2.10. The lowest BCUT2D eigenvalue weighted by Gasteiger charge is -2.08. The first-order chi connectivity index (χ1) is 8.31. The van der Waals surface area contributed by atoms with Crippen molar-refractivity contribution in [3.05, 3.63) is 48.5 Å². The lowest BCUT2D eigenvalue weighted by molar-refractivity contribution is 0.102. The number of nitrogens with two attached hydrogens (primary N) is 1. The Morgan fingerprint density at radius 2 is 1.82 bits per heavy atom. The zero-order valence-corrected chi connectivity index (χ0v) is 8.92. The normalized spacial score (nSPS) is 9.71. The molecule has 0 atom stereocenters. The van der Waals surface area contributed by atoms with Crippen LogP contribution in [0.15, 0.2) is 43.0 Å². The van der Waals surface area contributed by atoms with Crippen molar-refractivity contribution in [3.63, 3.8) is 0 Å². The van der Waals surface area contributed by atoms with Gasteiger partial charge in [0.15, 0.2) is 0 Å². The summed E-state index contributed by atoms with van der Waals surface area (Å²) in [4.78, 5) is 19.7. The third kappa shape index (κ3) is 2.56. The molecule has 2 heterocycles. The van der Waals surface area contributed by atoms with Crippen LogP contribution in [0.4, 0.5) is 11.4 Å². The fourth-order valence-corrected chi connectivity index (χ4v) is 1.34. The molecule has 0 aliphatic carbocycles. The molecule has 0 aromatic carbocycles. The second-order valence-electron chi connectivity index (χ2n) is 3.26. The molecule has 6 nitrogen and oxygen atoms in total. The summed E-state index contributed by atoms with van der Waals surface area (Å²) in [6.45, 7) is 0. The van der Waals surface area contributed by atoms with Gasteiger partial charge in [0.1, 0.15) is 0 Å². The van der Waals surface area contributed by atoms with Crippen LogP contribution < -0.4 is 16.6 Å². The van der Waals surface area contributed by atoms with Crippen LogP contribution in [0.2, 0.25) is 0 Å². The van der Waals surface area contributed by atoms with Gasteiger partial charge in [-0.05, 0) is 18.2 Å². The van der Waals surface area contributed by atoms with Gasteiger partial charge in [-0.15, -0.1) is 0 Å². The van der Waals surface area contributed by atoms with Crippen molar-refractivity contribution < 1.29 is 4.79 Å². The van der Waals surface area contributed by atoms with Gasteiger partial charge in [0, 0.05) is 24.3 Å². The smallest absolute Gasteiger partial charge is 0.257 e. The molecule has 6 heteroatoms. The molecule has 0 saturated heterocycles. The third-order valence-electron chi connectivity index (χ3n) is 2.16. The fourth-order valence-electron chi connectivity index (χ4n) is 1.34. The predicted molar refractivity (Wildman–Crippen MR) is 64.2 cm³/mol. The van der Waals surface area contributed by atoms with Crippen molar-refractivity contribution in [3.8, 4) is 0 Å². The van der Waals surface area contributed by atoms with Crippen molar-refractivity contribution >= 4 is 17.3 Å². The molecular weight excluding hydrogens is 218 g/mol. The zero-order valence-electron chi connectivity index (χ0n) is 8.92. The summed E-state index contributed by atoms with van der Waals surface area (Å²) in [6, 6.07) is 5.00. The SMILES string of the molecule is NNc1cnccc1C(=O)Nc1ccncc1. The van der Waals surface area contributed by atoms with Crippen LogP contribution in [0.5, 0.6) is 0 Å². The Hall–Kier alpha value is -2.47. The molecule has 0 bridgehead atoms. The lowest BCUT2D eigenvalue weighted by Crippen LogP contribution is -2.17. The number of hydrogen-bond donors (Lipinski definition) is 3. The third-order valence-corrected chi connectivity index (χ3v) is 2.16. The Labute approximate surface area is 97.9 Å². The molecule has 4 N–H and O–H groups in total. The zero-order chi connectivity index (χ0) is 12.1. The minimum absolute atomic E-state index is 0.258. The van der Waals surface area contributed by atoms with Crippen LogP contribution >= 0.6 is 0 Å². The van der Waals surface area contributed by atoms with Crippen molar-refractivity contribution in [2.75, 3.05) is 10.7 Å². The van der Waals surface area contributed by atoms with Gasteiger partial charge in [0.05, 0.1) is 17.4 Å². The van der Waals surface area contributed by atoms with E-state index < -0.39 is 0 Å².